The molecule has 18 heavy (non-hydrogen) atoms. The summed E-state index contributed by atoms with van der Waals surface area (Å²) in [6.45, 7) is 4.05. The molecule has 1 aromatic heterocycles. The van der Waals surface area contributed by atoms with Crippen LogP contribution in [0.5, 0.6) is 0 Å². The van der Waals surface area contributed by atoms with Crippen LogP contribution in [0, 0.1) is 12.7 Å². The highest BCUT2D eigenvalue weighted by atomic mass is 19.1. The standard InChI is InChI=1S/C15H17FN2/c1-11(9-13-5-3-6-14(16)10-13)18-15-7-4-8-17-12(15)2/h3-8,10-11,18H,9H2,1-2H3. The average Bonchev–Trinajstić information content (AvgIpc) is 2.32. The number of pyridine rings is 1. The van der Waals surface area contributed by atoms with Crippen LogP contribution in [0.1, 0.15) is 18.2 Å². The second-order valence-corrected chi connectivity index (χ2v) is 4.52. The molecule has 1 heterocycles. The minimum atomic E-state index is -0.183. The Labute approximate surface area is 107 Å². The molecule has 0 amide bonds. The maximum atomic E-state index is 13.1. The fourth-order valence-electron chi connectivity index (χ4n) is 1.97. The summed E-state index contributed by atoms with van der Waals surface area (Å²) in [7, 11) is 0. The Bertz CT molecular complexity index is 525. The van der Waals surface area contributed by atoms with Gasteiger partial charge in [-0.1, -0.05) is 12.1 Å². The summed E-state index contributed by atoms with van der Waals surface area (Å²) < 4.78 is 13.1. The van der Waals surface area contributed by atoms with Gasteiger partial charge in [-0.3, -0.25) is 4.98 Å². The largest absolute Gasteiger partial charge is 0.381 e. The van der Waals surface area contributed by atoms with Crippen molar-refractivity contribution >= 4 is 5.69 Å². The van der Waals surface area contributed by atoms with Gasteiger partial charge in [-0.05, 0) is 50.1 Å². The number of nitrogens with one attached hydrogen (secondary N) is 1. The van der Waals surface area contributed by atoms with Gasteiger partial charge < -0.3 is 5.32 Å². The van der Waals surface area contributed by atoms with Crippen molar-refractivity contribution in [3.63, 3.8) is 0 Å². The summed E-state index contributed by atoms with van der Waals surface area (Å²) in [5.74, 6) is -0.183. The maximum absolute atomic E-state index is 13.1. The third-order valence-corrected chi connectivity index (χ3v) is 2.84. The Kier molecular flexibility index (Phi) is 3.92. The van der Waals surface area contributed by atoms with Crippen LogP contribution in [0.4, 0.5) is 10.1 Å². The minimum Gasteiger partial charge on any atom is -0.381 e. The molecule has 0 fully saturated rings. The first kappa shape index (κ1) is 12.6. The molecule has 0 aliphatic heterocycles. The van der Waals surface area contributed by atoms with Crippen molar-refractivity contribution in [1.29, 1.82) is 0 Å². The molecule has 0 aliphatic carbocycles. The lowest BCUT2D eigenvalue weighted by molar-refractivity contribution is 0.624. The number of hydrogen-bond donors (Lipinski definition) is 1. The van der Waals surface area contributed by atoms with Gasteiger partial charge in [0.2, 0.25) is 0 Å². The summed E-state index contributed by atoms with van der Waals surface area (Å²) in [5.41, 5.74) is 3.00. The zero-order valence-electron chi connectivity index (χ0n) is 10.7. The number of nitrogens with zero attached hydrogens (tertiary/aromatic N) is 1. The van der Waals surface area contributed by atoms with E-state index in [0.717, 1.165) is 23.4 Å². The smallest absolute Gasteiger partial charge is 0.123 e. The molecule has 0 saturated carbocycles. The molecule has 1 aromatic carbocycles. The molecule has 1 unspecified atom stereocenters. The molecule has 0 spiro atoms. The molecule has 3 heteroatoms. The highest BCUT2D eigenvalue weighted by Gasteiger charge is 2.06. The van der Waals surface area contributed by atoms with Gasteiger partial charge in [-0.25, -0.2) is 4.39 Å². The lowest BCUT2D eigenvalue weighted by Crippen LogP contribution is -2.19. The third kappa shape index (κ3) is 3.29. The summed E-state index contributed by atoms with van der Waals surface area (Å²) in [5, 5.41) is 3.39. The van der Waals surface area contributed by atoms with Crippen molar-refractivity contribution < 1.29 is 4.39 Å². The van der Waals surface area contributed by atoms with Crippen molar-refractivity contribution in [3.8, 4) is 0 Å². The molecule has 0 bridgehead atoms. The van der Waals surface area contributed by atoms with Gasteiger partial charge in [0.15, 0.2) is 0 Å². The van der Waals surface area contributed by atoms with Gasteiger partial charge in [-0.15, -0.1) is 0 Å². The van der Waals surface area contributed by atoms with E-state index in [9.17, 15) is 4.39 Å². The summed E-state index contributed by atoms with van der Waals surface area (Å²) >= 11 is 0. The second kappa shape index (κ2) is 5.63. The second-order valence-electron chi connectivity index (χ2n) is 4.52. The molecule has 0 radical (unpaired) electrons. The lowest BCUT2D eigenvalue weighted by atomic mass is 10.1. The molecule has 0 aliphatic rings. The number of benzene rings is 1. The molecule has 2 nitrogen and oxygen atoms in total. The van der Waals surface area contributed by atoms with E-state index in [1.54, 1.807) is 18.3 Å². The number of halogens is 1. The van der Waals surface area contributed by atoms with E-state index in [1.807, 2.05) is 25.1 Å². The summed E-state index contributed by atoms with van der Waals surface area (Å²) in [4.78, 5) is 4.23. The van der Waals surface area contributed by atoms with Gasteiger partial charge in [0.1, 0.15) is 5.82 Å². The van der Waals surface area contributed by atoms with Crippen LogP contribution in [0.25, 0.3) is 0 Å². The number of anilines is 1. The van der Waals surface area contributed by atoms with E-state index in [4.69, 9.17) is 0 Å². The fourth-order valence-corrected chi connectivity index (χ4v) is 1.97. The van der Waals surface area contributed by atoms with Gasteiger partial charge in [-0.2, -0.15) is 0 Å². The fraction of sp³-hybridized carbons (Fsp3) is 0.267. The minimum absolute atomic E-state index is 0.183. The van der Waals surface area contributed by atoms with E-state index in [2.05, 4.69) is 17.2 Å². The Morgan fingerprint density at radius 1 is 1.28 bits per heavy atom. The normalized spacial score (nSPS) is 12.2. The monoisotopic (exact) mass is 244 g/mol. The first-order valence-electron chi connectivity index (χ1n) is 6.08. The predicted molar refractivity (Wildman–Crippen MR) is 72.2 cm³/mol. The number of hydrogen-bond acceptors (Lipinski definition) is 2. The van der Waals surface area contributed by atoms with Gasteiger partial charge in [0.25, 0.3) is 0 Å². The average molecular weight is 244 g/mol. The van der Waals surface area contributed by atoms with Crippen LogP contribution in [-0.4, -0.2) is 11.0 Å². The lowest BCUT2D eigenvalue weighted by Gasteiger charge is -2.16. The molecule has 1 atom stereocenters. The van der Waals surface area contributed by atoms with Gasteiger partial charge in [0, 0.05) is 12.2 Å². The van der Waals surface area contributed by atoms with Crippen molar-refractivity contribution in [2.24, 2.45) is 0 Å². The first-order chi connectivity index (χ1) is 8.65. The first-order valence-corrected chi connectivity index (χ1v) is 6.08. The van der Waals surface area contributed by atoms with E-state index in [0.29, 0.717) is 0 Å². The summed E-state index contributed by atoms with van der Waals surface area (Å²) in [6.07, 6.45) is 2.56. The van der Waals surface area contributed by atoms with Crippen LogP contribution >= 0.6 is 0 Å². The highest BCUT2D eigenvalue weighted by molar-refractivity contribution is 5.47. The Hall–Kier alpha value is -1.90. The predicted octanol–water partition coefficient (Wildman–Crippen LogP) is 3.57. The van der Waals surface area contributed by atoms with Gasteiger partial charge >= 0.3 is 0 Å². The zero-order chi connectivity index (χ0) is 13.0. The van der Waals surface area contributed by atoms with Crippen LogP contribution in [0.2, 0.25) is 0 Å². The van der Waals surface area contributed by atoms with Crippen molar-refractivity contribution in [2.75, 3.05) is 5.32 Å². The Morgan fingerprint density at radius 2 is 2.11 bits per heavy atom. The molecule has 1 N–H and O–H groups in total. The molecule has 94 valence electrons. The molecule has 2 rings (SSSR count). The zero-order valence-corrected chi connectivity index (χ0v) is 10.7. The highest BCUT2D eigenvalue weighted by Crippen LogP contribution is 2.14. The van der Waals surface area contributed by atoms with Crippen molar-refractivity contribution in [1.82, 2.24) is 4.98 Å². The molecular formula is C15H17FN2. The van der Waals surface area contributed by atoms with Crippen LogP contribution < -0.4 is 5.32 Å². The van der Waals surface area contributed by atoms with Crippen LogP contribution in [0.3, 0.4) is 0 Å². The number of rotatable bonds is 4. The third-order valence-electron chi connectivity index (χ3n) is 2.84. The number of aryl methyl sites for hydroxylation is 1. The maximum Gasteiger partial charge on any atom is 0.123 e. The van der Waals surface area contributed by atoms with Crippen LogP contribution in [0.15, 0.2) is 42.6 Å². The topological polar surface area (TPSA) is 24.9 Å². The Morgan fingerprint density at radius 3 is 2.83 bits per heavy atom. The van der Waals surface area contributed by atoms with E-state index in [-0.39, 0.29) is 11.9 Å². The molecule has 0 saturated heterocycles. The summed E-state index contributed by atoms with van der Waals surface area (Å²) in [6, 6.07) is 10.9. The van der Waals surface area contributed by atoms with Gasteiger partial charge in [0.05, 0.1) is 11.4 Å². The number of aromatic nitrogens is 1. The Balaban J connectivity index is 2.01. The van der Waals surface area contributed by atoms with Crippen molar-refractivity contribution in [2.45, 2.75) is 26.3 Å². The molecular weight excluding hydrogens is 227 g/mol. The van der Waals surface area contributed by atoms with E-state index < -0.39 is 0 Å². The van der Waals surface area contributed by atoms with Crippen molar-refractivity contribution in [3.05, 3.63) is 59.7 Å². The van der Waals surface area contributed by atoms with E-state index in [1.165, 1.54) is 6.07 Å². The SMILES string of the molecule is Cc1ncccc1NC(C)Cc1cccc(F)c1. The van der Waals surface area contributed by atoms with Crippen LogP contribution in [-0.2, 0) is 6.42 Å². The van der Waals surface area contributed by atoms with E-state index >= 15 is 0 Å². The quantitative estimate of drug-likeness (QED) is 0.889. The molecule has 2 aromatic rings.